The Morgan fingerprint density at radius 2 is 1.86 bits per heavy atom. The summed E-state index contributed by atoms with van der Waals surface area (Å²) in [4.78, 5) is 12.7. The second-order valence-electron chi connectivity index (χ2n) is 6.84. The molecule has 0 spiro atoms. The van der Waals surface area contributed by atoms with Gasteiger partial charge in [0.2, 0.25) is 0 Å². The Morgan fingerprint density at radius 1 is 1.14 bits per heavy atom. The summed E-state index contributed by atoms with van der Waals surface area (Å²) in [7, 11) is 0. The minimum atomic E-state index is -0.248. The summed E-state index contributed by atoms with van der Waals surface area (Å²) in [5.74, 6) is -0.0654. The number of carbonyl (C=O) groups excluding carboxylic acids is 1. The number of carbonyl (C=O) groups is 1. The van der Waals surface area contributed by atoms with Gasteiger partial charge in [-0.2, -0.15) is 10.2 Å². The molecule has 1 amide bonds. The summed E-state index contributed by atoms with van der Waals surface area (Å²) in [6.45, 7) is 3.91. The van der Waals surface area contributed by atoms with E-state index in [2.05, 4.69) is 20.6 Å². The Morgan fingerprint density at radius 3 is 2.59 bits per heavy atom. The third-order valence-corrected chi connectivity index (χ3v) is 4.85. The quantitative estimate of drug-likeness (QED) is 0.486. The summed E-state index contributed by atoms with van der Waals surface area (Å²) in [5.41, 5.74) is 4.70. The summed E-state index contributed by atoms with van der Waals surface area (Å²) >= 11 is 0. The number of benzene rings is 2. The van der Waals surface area contributed by atoms with Crippen LogP contribution in [0.1, 0.15) is 34.7 Å². The predicted octanol–water partition coefficient (Wildman–Crippen LogP) is 3.77. The van der Waals surface area contributed by atoms with Crippen LogP contribution in [-0.2, 0) is 0 Å². The van der Waals surface area contributed by atoms with Crippen molar-refractivity contribution >= 4 is 5.91 Å². The molecule has 0 unspecified atom stereocenters. The molecule has 2 heterocycles. The van der Waals surface area contributed by atoms with E-state index in [-0.39, 0.29) is 17.7 Å². The Labute approximate surface area is 168 Å². The average Bonchev–Trinajstić information content (AvgIpc) is 3.36. The number of hydrogen-bond acceptors (Lipinski definition) is 4. The highest BCUT2D eigenvalue weighted by Gasteiger charge is 2.18. The maximum atomic E-state index is 12.7. The molecule has 29 heavy (non-hydrogen) atoms. The number of hydrogen-bond donors (Lipinski definition) is 3. The van der Waals surface area contributed by atoms with Gasteiger partial charge in [0.15, 0.2) is 0 Å². The maximum Gasteiger partial charge on any atom is 0.269 e. The average molecular weight is 387 g/mol. The van der Waals surface area contributed by atoms with Gasteiger partial charge < -0.3 is 10.4 Å². The van der Waals surface area contributed by atoms with Crippen molar-refractivity contribution in [3.05, 3.63) is 83.8 Å². The van der Waals surface area contributed by atoms with Crippen molar-refractivity contribution in [2.45, 2.75) is 19.9 Å². The highest BCUT2D eigenvalue weighted by molar-refractivity contribution is 5.93. The van der Waals surface area contributed by atoms with Crippen molar-refractivity contribution in [2.75, 3.05) is 0 Å². The molecule has 7 heteroatoms. The second kappa shape index (κ2) is 7.63. The fraction of sp³-hybridized carbons (Fsp3) is 0.136. The molecule has 1 atom stereocenters. The van der Waals surface area contributed by atoms with Crippen LogP contribution < -0.4 is 5.32 Å². The van der Waals surface area contributed by atoms with E-state index in [9.17, 15) is 9.90 Å². The lowest BCUT2D eigenvalue weighted by atomic mass is 10.1. The Bertz CT molecular complexity index is 1130. The molecule has 4 aromatic rings. The van der Waals surface area contributed by atoms with Crippen molar-refractivity contribution in [3.63, 3.8) is 0 Å². The van der Waals surface area contributed by atoms with Gasteiger partial charge >= 0.3 is 0 Å². The normalized spacial score (nSPS) is 11.9. The van der Waals surface area contributed by atoms with Crippen LogP contribution in [0.2, 0.25) is 0 Å². The van der Waals surface area contributed by atoms with Crippen molar-refractivity contribution in [1.82, 2.24) is 25.3 Å². The van der Waals surface area contributed by atoms with Crippen LogP contribution in [0.15, 0.2) is 66.9 Å². The van der Waals surface area contributed by atoms with Gasteiger partial charge in [0, 0.05) is 16.8 Å². The van der Waals surface area contributed by atoms with Crippen LogP contribution in [0.5, 0.6) is 5.75 Å². The molecule has 0 saturated heterocycles. The standard InChI is InChI=1S/C22H21N5O2/c1-14(19-13-23-27(15(19)2)17-6-4-3-5-7-17)24-22(29)21-12-20(25-26-21)16-8-10-18(28)11-9-16/h3-14,28H,1-2H3,(H,24,29)(H,25,26)/t14-/m1/s1. The molecule has 146 valence electrons. The zero-order valence-electron chi connectivity index (χ0n) is 16.1. The zero-order valence-corrected chi connectivity index (χ0v) is 16.1. The SMILES string of the molecule is Cc1c([C@@H](C)NC(=O)c2cc(-c3ccc(O)cc3)n[nH]2)cnn1-c1ccccc1. The van der Waals surface area contributed by atoms with E-state index in [1.54, 1.807) is 36.5 Å². The highest BCUT2D eigenvalue weighted by atomic mass is 16.3. The Kier molecular flexibility index (Phi) is 4.87. The van der Waals surface area contributed by atoms with E-state index in [1.165, 1.54) is 0 Å². The number of para-hydroxylation sites is 1. The first-order valence-corrected chi connectivity index (χ1v) is 9.28. The number of rotatable bonds is 5. The number of amides is 1. The molecule has 2 aromatic carbocycles. The smallest absolute Gasteiger partial charge is 0.269 e. The molecule has 0 fully saturated rings. The minimum Gasteiger partial charge on any atom is -0.508 e. The van der Waals surface area contributed by atoms with E-state index >= 15 is 0 Å². The van der Waals surface area contributed by atoms with E-state index in [0.717, 1.165) is 22.5 Å². The fourth-order valence-electron chi connectivity index (χ4n) is 3.25. The van der Waals surface area contributed by atoms with Crippen molar-refractivity contribution < 1.29 is 9.90 Å². The molecule has 4 rings (SSSR count). The maximum absolute atomic E-state index is 12.7. The number of aromatic hydroxyl groups is 1. The molecule has 0 aliphatic heterocycles. The van der Waals surface area contributed by atoms with Gasteiger partial charge in [0.05, 0.1) is 23.6 Å². The highest BCUT2D eigenvalue weighted by Crippen LogP contribution is 2.22. The Hall–Kier alpha value is -3.87. The molecular formula is C22H21N5O2. The van der Waals surface area contributed by atoms with Crippen LogP contribution >= 0.6 is 0 Å². The van der Waals surface area contributed by atoms with E-state index in [0.29, 0.717) is 11.4 Å². The molecule has 0 saturated carbocycles. The van der Waals surface area contributed by atoms with Gasteiger partial charge in [-0.1, -0.05) is 18.2 Å². The third-order valence-electron chi connectivity index (χ3n) is 4.85. The number of H-pyrrole nitrogens is 1. The van der Waals surface area contributed by atoms with E-state index < -0.39 is 0 Å². The number of phenols is 1. The molecule has 0 radical (unpaired) electrons. The number of nitrogens with one attached hydrogen (secondary N) is 2. The van der Waals surface area contributed by atoms with Crippen LogP contribution in [0.25, 0.3) is 16.9 Å². The van der Waals surface area contributed by atoms with Gasteiger partial charge in [-0.05, 0) is 56.3 Å². The fourth-order valence-corrected chi connectivity index (χ4v) is 3.25. The minimum absolute atomic E-state index is 0.183. The third kappa shape index (κ3) is 3.75. The molecular weight excluding hydrogens is 366 g/mol. The van der Waals surface area contributed by atoms with Gasteiger partial charge in [0.25, 0.3) is 5.91 Å². The topological polar surface area (TPSA) is 95.8 Å². The van der Waals surface area contributed by atoms with Crippen LogP contribution in [-0.4, -0.2) is 31.0 Å². The molecule has 3 N–H and O–H groups in total. The lowest BCUT2D eigenvalue weighted by Gasteiger charge is -2.13. The van der Waals surface area contributed by atoms with Crippen molar-refractivity contribution in [2.24, 2.45) is 0 Å². The van der Waals surface area contributed by atoms with E-state index in [4.69, 9.17) is 0 Å². The van der Waals surface area contributed by atoms with Crippen molar-refractivity contribution in [1.29, 1.82) is 0 Å². The summed E-state index contributed by atoms with van der Waals surface area (Å²) in [6, 6.07) is 18.0. The first-order valence-electron chi connectivity index (χ1n) is 9.28. The molecule has 2 aromatic heterocycles. The Balaban J connectivity index is 1.49. The lowest BCUT2D eigenvalue weighted by molar-refractivity contribution is 0.0934. The first kappa shape index (κ1) is 18.5. The first-order chi connectivity index (χ1) is 14.0. The summed E-state index contributed by atoms with van der Waals surface area (Å²) in [6.07, 6.45) is 1.78. The van der Waals surface area contributed by atoms with Crippen LogP contribution in [0, 0.1) is 6.92 Å². The number of aromatic nitrogens is 4. The monoisotopic (exact) mass is 387 g/mol. The zero-order chi connectivity index (χ0) is 20.4. The van der Waals surface area contributed by atoms with E-state index in [1.807, 2.05) is 48.9 Å². The van der Waals surface area contributed by atoms with Gasteiger partial charge in [-0.3, -0.25) is 9.89 Å². The number of aromatic amines is 1. The van der Waals surface area contributed by atoms with Crippen LogP contribution in [0.3, 0.4) is 0 Å². The summed E-state index contributed by atoms with van der Waals surface area (Å²) in [5, 5.41) is 23.8. The predicted molar refractivity (Wildman–Crippen MR) is 110 cm³/mol. The second-order valence-corrected chi connectivity index (χ2v) is 6.84. The molecule has 0 bridgehead atoms. The molecule has 0 aliphatic rings. The lowest BCUT2D eigenvalue weighted by Crippen LogP contribution is -2.27. The van der Waals surface area contributed by atoms with Gasteiger partial charge in [0.1, 0.15) is 11.4 Å². The largest absolute Gasteiger partial charge is 0.508 e. The number of nitrogens with zero attached hydrogens (tertiary/aromatic N) is 3. The molecule has 0 aliphatic carbocycles. The van der Waals surface area contributed by atoms with Crippen LogP contribution in [0.4, 0.5) is 0 Å². The van der Waals surface area contributed by atoms with Gasteiger partial charge in [-0.15, -0.1) is 0 Å². The number of phenolic OH excluding ortho intramolecular Hbond substituents is 1. The van der Waals surface area contributed by atoms with Crippen molar-refractivity contribution in [3.8, 4) is 22.7 Å². The molecule has 7 nitrogen and oxygen atoms in total. The van der Waals surface area contributed by atoms with Gasteiger partial charge in [-0.25, -0.2) is 4.68 Å². The summed E-state index contributed by atoms with van der Waals surface area (Å²) < 4.78 is 1.86.